The zero-order chi connectivity index (χ0) is 14.8. The number of ether oxygens (including phenoxy) is 3. The number of fused-ring (bicyclic) bond motifs is 1. The van der Waals surface area contributed by atoms with E-state index in [9.17, 15) is 0 Å². The molecule has 112 valence electrons. The summed E-state index contributed by atoms with van der Waals surface area (Å²) in [7, 11) is 1.55. The molecule has 2 heterocycles. The van der Waals surface area contributed by atoms with Crippen LogP contribution in [0.5, 0.6) is 17.2 Å². The van der Waals surface area contributed by atoms with Crippen LogP contribution in [0, 0.1) is 0 Å². The number of nitrogens with zero attached hydrogens (tertiary/aromatic N) is 2. The van der Waals surface area contributed by atoms with Crippen LogP contribution in [0.2, 0.25) is 0 Å². The highest BCUT2D eigenvalue weighted by Gasteiger charge is 2.21. The molecule has 0 aliphatic carbocycles. The van der Waals surface area contributed by atoms with E-state index in [4.69, 9.17) is 24.4 Å². The fraction of sp³-hybridized carbons (Fsp3) is 0.333. The Balaban J connectivity index is 1.87. The Morgan fingerprint density at radius 3 is 3.00 bits per heavy atom. The number of rotatable bonds is 5. The number of aliphatic hydroxyl groups is 2. The first-order valence-corrected chi connectivity index (χ1v) is 7.05. The molecule has 3 rings (SSSR count). The number of nitrogens with one attached hydrogen (secondary N) is 1. The van der Waals surface area contributed by atoms with Crippen LogP contribution in [0.1, 0.15) is 0 Å². The highest BCUT2D eigenvalue weighted by molar-refractivity contribution is 7.99. The summed E-state index contributed by atoms with van der Waals surface area (Å²) in [5.74, 6) is 2.34. The van der Waals surface area contributed by atoms with Crippen LogP contribution in [-0.2, 0) is 0 Å². The summed E-state index contributed by atoms with van der Waals surface area (Å²) < 4.78 is 15.9. The number of hydrogen-bond acceptors (Lipinski definition) is 8. The highest BCUT2D eigenvalue weighted by atomic mass is 32.2. The maximum absolute atomic E-state index is 8.84. The number of hydrogen-bond donors (Lipinski definition) is 3. The molecular weight excluding hydrogens is 298 g/mol. The van der Waals surface area contributed by atoms with Gasteiger partial charge in [0.2, 0.25) is 12.5 Å². The maximum atomic E-state index is 8.84. The van der Waals surface area contributed by atoms with Crippen molar-refractivity contribution in [2.45, 2.75) is 11.4 Å². The molecule has 0 atom stereocenters. The van der Waals surface area contributed by atoms with Crippen molar-refractivity contribution in [1.82, 2.24) is 15.2 Å². The molecule has 21 heavy (non-hydrogen) atoms. The second-order valence-electron chi connectivity index (χ2n) is 4.18. The van der Waals surface area contributed by atoms with Gasteiger partial charge in [0.1, 0.15) is 0 Å². The van der Waals surface area contributed by atoms with Gasteiger partial charge in [0, 0.05) is 5.56 Å². The van der Waals surface area contributed by atoms with E-state index in [1.807, 2.05) is 0 Å². The molecule has 0 fully saturated rings. The molecule has 1 aliphatic rings. The molecule has 3 N–H and O–H groups in total. The fourth-order valence-electron chi connectivity index (χ4n) is 1.86. The summed E-state index contributed by atoms with van der Waals surface area (Å²) in [6.07, 6.45) is -1.39. The lowest BCUT2D eigenvalue weighted by Crippen LogP contribution is -2.07. The van der Waals surface area contributed by atoms with E-state index in [2.05, 4.69) is 15.2 Å². The minimum absolute atomic E-state index is 0.110. The van der Waals surface area contributed by atoms with Crippen molar-refractivity contribution in [3.8, 4) is 28.6 Å². The van der Waals surface area contributed by atoms with Gasteiger partial charge in [-0.1, -0.05) is 11.8 Å². The smallest absolute Gasteiger partial charge is 0.231 e. The van der Waals surface area contributed by atoms with Crippen molar-refractivity contribution in [2.24, 2.45) is 0 Å². The van der Waals surface area contributed by atoms with E-state index in [0.717, 1.165) is 17.3 Å². The molecule has 1 aromatic carbocycles. The van der Waals surface area contributed by atoms with E-state index in [-0.39, 0.29) is 12.5 Å². The van der Waals surface area contributed by atoms with Crippen LogP contribution in [0.15, 0.2) is 17.3 Å². The van der Waals surface area contributed by atoms with E-state index in [1.165, 1.54) is 0 Å². The van der Waals surface area contributed by atoms with Crippen molar-refractivity contribution in [2.75, 3.05) is 19.7 Å². The zero-order valence-electron chi connectivity index (χ0n) is 11.1. The summed E-state index contributed by atoms with van der Waals surface area (Å²) in [5.41, 5.74) is 0.736. The Labute approximate surface area is 124 Å². The summed E-state index contributed by atoms with van der Waals surface area (Å²) in [6, 6.07) is 3.55. The van der Waals surface area contributed by atoms with Crippen LogP contribution in [0.25, 0.3) is 11.4 Å². The second kappa shape index (κ2) is 5.80. The van der Waals surface area contributed by atoms with Crippen LogP contribution in [-0.4, -0.2) is 51.3 Å². The van der Waals surface area contributed by atoms with Gasteiger partial charge in [-0.05, 0) is 12.1 Å². The minimum Gasteiger partial charge on any atom is -0.493 e. The Morgan fingerprint density at radius 1 is 1.38 bits per heavy atom. The molecule has 0 spiro atoms. The molecule has 0 saturated heterocycles. The van der Waals surface area contributed by atoms with Crippen molar-refractivity contribution in [3.05, 3.63) is 12.1 Å². The predicted molar refractivity (Wildman–Crippen MR) is 73.4 cm³/mol. The summed E-state index contributed by atoms with van der Waals surface area (Å²) in [6.45, 7) is 0.154. The van der Waals surface area contributed by atoms with Crippen molar-refractivity contribution in [1.29, 1.82) is 0 Å². The normalized spacial score (nSPS) is 13.0. The third kappa shape index (κ3) is 2.89. The lowest BCUT2D eigenvalue weighted by Gasteiger charge is -2.06. The maximum Gasteiger partial charge on any atom is 0.231 e. The monoisotopic (exact) mass is 311 g/mol. The van der Waals surface area contributed by atoms with Gasteiger partial charge in [0.15, 0.2) is 28.8 Å². The van der Waals surface area contributed by atoms with Gasteiger partial charge in [-0.2, -0.15) is 0 Å². The fourth-order valence-corrected chi connectivity index (χ4v) is 2.44. The van der Waals surface area contributed by atoms with E-state index in [0.29, 0.717) is 28.2 Å². The Kier molecular flexibility index (Phi) is 3.86. The van der Waals surface area contributed by atoms with Gasteiger partial charge < -0.3 is 29.4 Å². The second-order valence-corrected chi connectivity index (χ2v) is 5.19. The molecule has 1 aromatic heterocycles. The van der Waals surface area contributed by atoms with Gasteiger partial charge in [-0.15, -0.1) is 10.2 Å². The molecule has 0 unspecified atom stereocenters. The Morgan fingerprint density at radius 2 is 2.24 bits per heavy atom. The van der Waals surface area contributed by atoms with Crippen molar-refractivity contribution in [3.63, 3.8) is 0 Å². The predicted octanol–water partition coefficient (Wildman–Crippen LogP) is 0.612. The summed E-state index contributed by atoms with van der Waals surface area (Å²) in [4.78, 5) is 2.99. The number of aromatic nitrogens is 3. The molecule has 0 bridgehead atoms. The lowest BCUT2D eigenvalue weighted by atomic mass is 10.2. The van der Waals surface area contributed by atoms with Crippen LogP contribution in [0.4, 0.5) is 0 Å². The number of aromatic amines is 1. The van der Waals surface area contributed by atoms with Gasteiger partial charge in [-0.25, -0.2) is 0 Å². The summed E-state index contributed by atoms with van der Waals surface area (Å²) >= 11 is 1.16. The molecule has 0 amide bonds. The summed E-state index contributed by atoms with van der Waals surface area (Å²) in [5, 5.41) is 26.1. The first-order valence-electron chi connectivity index (χ1n) is 6.07. The zero-order valence-corrected chi connectivity index (χ0v) is 11.9. The van der Waals surface area contributed by atoms with Crippen molar-refractivity contribution < 1.29 is 24.4 Å². The molecule has 9 heteroatoms. The molecule has 8 nitrogen and oxygen atoms in total. The SMILES string of the molecule is COc1cc(-c2nnc(SCC(O)O)[nH]2)cc2c1OCO2. The van der Waals surface area contributed by atoms with Crippen LogP contribution in [0.3, 0.4) is 0 Å². The molecule has 0 radical (unpaired) electrons. The highest BCUT2D eigenvalue weighted by Crippen LogP contribution is 2.43. The number of benzene rings is 1. The Bertz CT molecular complexity index is 646. The van der Waals surface area contributed by atoms with Crippen LogP contribution >= 0.6 is 11.8 Å². The third-order valence-corrected chi connectivity index (χ3v) is 3.69. The largest absolute Gasteiger partial charge is 0.493 e. The van der Waals surface area contributed by atoms with Gasteiger partial charge in [-0.3, -0.25) is 0 Å². The first kappa shape index (κ1) is 14.0. The molecule has 0 saturated carbocycles. The first-order chi connectivity index (χ1) is 10.2. The average Bonchev–Trinajstić information content (AvgIpc) is 3.12. The average molecular weight is 311 g/mol. The van der Waals surface area contributed by atoms with Crippen LogP contribution < -0.4 is 14.2 Å². The van der Waals surface area contributed by atoms with E-state index >= 15 is 0 Å². The molecule has 2 aromatic rings. The number of thioether (sulfide) groups is 1. The number of aliphatic hydroxyl groups excluding tert-OH is 1. The van der Waals surface area contributed by atoms with Gasteiger partial charge in [0.25, 0.3) is 0 Å². The quantitative estimate of drug-likeness (QED) is 0.544. The van der Waals surface area contributed by atoms with Gasteiger partial charge in [0.05, 0.1) is 12.9 Å². The van der Waals surface area contributed by atoms with E-state index < -0.39 is 6.29 Å². The van der Waals surface area contributed by atoms with Gasteiger partial charge >= 0.3 is 0 Å². The lowest BCUT2D eigenvalue weighted by molar-refractivity contribution is -0.0186. The minimum atomic E-state index is -1.39. The third-order valence-electron chi connectivity index (χ3n) is 2.77. The number of methoxy groups -OCH3 is 1. The Hall–Kier alpha value is -1.97. The molecule has 1 aliphatic heterocycles. The van der Waals surface area contributed by atoms with E-state index in [1.54, 1.807) is 19.2 Å². The van der Waals surface area contributed by atoms with Crippen molar-refractivity contribution >= 4 is 11.8 Å². The number of H-pyrrole nitrogens is 1. The molecular formula is C12H13N3O5S. The standard InChI is InChI=1S/C12H13N3O5S/c1-18-7-2-6(3-8-10(7)20-5-19-8)11-13-12(15-14-11)21-4-9(16)17/h2-3,9,16-17H,4-5H2,1H3,(H,13,14,15). The topological polar surface area (TPSA) is 110 Å².